The first kappa shape index (κ1) is 28.4. The Kier molecular flexibility index (Phi) is 7.88. The lowest BCUT2D eigenvalue weighted by Gasteiger charge is -2.21. The number of H-pyrrole nitrogens is 1. The Morgan fingerprint density at radius 2 is 1.89 bits per heavy atom. The number of aromatic amines is 1. The van der Waals surface area contributed by atoms with Gasteiger partial charge in [0.05, 0.1) is 33.1 Å². The lowest BCUT2D eigenvalue weighted by Crippen LogP contribution is -2.36. The number of nitrogens with one attached hydrogen (secondary N) is 1. The highest BCUT2D eigenvalue weighted by atomic mass is 35.5. The first-order valence-corrected chi connectivity index (χ1v) is 13.8. The lowest BCUT2D eigenvalue weighted by molar-refractivity contribution is -0.274. The van der Waals surface area contributed by atoms with Crippen LogP contribution in [0.25, 0.3) is 10.9 Å². The third kappa shape index (κ3) is 5.86. The molecular weight excluding hydrogens is 572 g/mol. The number of aromatic nitrogens is 2. The van der Waals surface area contributed by atoms with Crippen LogP contribution in [0.4, 0.5) is 13.2 Å². The molecule has 1 aliphatic heterocycles. The molecule has 0 spiro atoms. The van der Waals surface area contributed by atoms with Crippen molar-refractivity contribution in [3.05, 3.63) is 66.3 Å². The molecule has 38 heavy (non-hydrogen) atoms. The topological polar surface area (TPSA) is 127 Å². The normalized spacial score (nSPS) is 16.9. The van der Waals surface area contributed by atoms with Crippen LogP contribution in [0.1, 0.15) is 24.5 Å². The number of rotatable bonds is 7. The fourth-order valence-electron chi connectivity index (χ4n) is 4.41. The lowest BCUT2D eigenvalue weighted by atomic mass is 10.1. The SMILES string of the molecule is CCS(=O)(=O)c1ccc(Cl)cc1Cn1c(=O)[nH]c2c(Cl)c(CN3CCC(N)C3)c(OC(F)(F)F)cc2c1=O. The highest BCUT2D eigenvalue weighted by Crippen LogP contribution is 2.36. The van der Waals surface area contributed by atoms with E-state index in [1.54, 1.807) is 4.90 Å². The summed E-state index contributed by atoms with van der Waals surface area (Å²) in [4.78, 5) is 30.5. The van der Waals surface area contributed by atoms with Gasteiger partial charge in [0, 0.05) is 36.3 Å². The van der Waals surface area contributed by atoms with Gasteiger partial charge in [0.25, 0.3) is 5.56 Å². The van der Waals surface area contributed by atoms with Crippen molar-refractivity contribution in [2.45, 2.75) is 43.7 Å². The largest absolute Gasteiger partial charge is 0.573 e. The summed E-state index contributed by atoms with van der Waals surface area (Å²) in [5, 5.41) is -0.464. The fourth-order valence-corrected chi connectivity index (χ4v) is 6.01. The number of ether oxygens (including phenoxy) is 1. The number of nitrogens with zero attached hydrogens (tertiary/aromatic N) is 2. The Morgan fingerprint density at radius 1 is 1.18 bits per heavy atom. The van der Waals surface area contributed by atoms with Gasteiger partial charge < -0.3 is 15.5 Å². The molecule has 0 amide bonds. The zero-order valence-corrected chi connectivity index (χ0v) is 22.3. The van der Waals surface area contributed by atoms with Gasteiger partial charge in [0.1, 0.15) is 5.75 Å². The number of likely N-dealkylation sites (tertiary alicyclic amines) is 1. The predicted molar refractivity (Wildman–Crippen MR) is 137 cm³/mol. The van der Waals surface area contributed by atoms with Gasteiger partial charge in [-0.25, -0.2) is 13.2 Å². The molecular formula is C23H23Cl2F3N4O5S. The van der Waals surface area contributed by atoms with Crippen molar-refractivity contribution in [3.63, 3.8) is 0 Å². The van der Waals surface area contributed by atoms with Gasteiger partial charge in [0.15, 0.2) is 9.84 Å². The molecule has 0 aliphatic carbocycles. The average molecular weight is 595 g/mol. The van der Waals surface area contributed by atoms with E-state index in [0.717, 1.165) is 6.07 Å². The number of alkyl halides is 3. The van der Waals surface area contributed by atoms with Crippen LogP contribution in [0, 0.1) is 0 Å². The number of hydrogen-bond acceptors (Lipinski definition) is 7. The molecule has 1 aliphatic rings. The van der Waals surface area contributed by atoms with Crippen LogP contribution in [-0.2, 0) is 22.9 Å². The molecule has 3 N–H and O–H groups in total. The second-order valence-electron chi connectivity index (χ2n) is 8.90. The summed E-state index contributed by atoms with van der Waals surface area (Å²) >= 11 is 12.5. The summed E-state index contributed by atoms with van der Waals surface area (Å²) in [6.45, 7) is 1.79. The van der Waals surface area contributed by atoms with Crippen LogP contribution < -0.4 is 21.7 Å². The monoisotopic (exact) mass is 594 g/mol. The Morgan fingerprint density at radius 3 is 2.50 bits per heavy atom. The van der Waals surface area contributed by atoms with Crippen LogP contribution in [0.5, 0.6) is 5.75 Å². The van der Waals surface area contributed by atoms with Crippen molar-refractivity contribution in [1.29, 1.82) is 0 Å². The van der Waals surface area contributed by atoms with Crippen molar-refractivity contribution in [1.82, 2.24) is 14.5 Å². The second kappa shape index (κ2) is 10.5. The average Bonchev–Trinajstić information content (AvgIpc) is 3.23. The van der Waals surface area contributed by atoms with Crippen molar-refractivity contribution in [3.8, 4) is 5.75 Å². The van der Waals surface area contributed by atoms with E-state index < -0.39 is 39.7 Å². The second-order valence-corrected chi connectivity index (χ2v) is 12.0. The Bertz CT molecular complexity index is 1620. The van der Waals surface area contributed by atoms with E-state index in [1.165, 1.54) is 25.1 Å². The molecule has 0 bridgehead atoms. The molecule has 9 nitrogen and oxygen atoms in total. The zero-order chi connectivity index (χ0) is 28.0. The Balaban J connectivity index is 1.89. The number of sulfone groups is 1. The quantitative estimate of drug-likeness (QED) is 0.429. The third-order valence-corrected chi connectivity index (χ3v) is 8.74. The first-order valence-electron chi connectivity index (χ1n) is 11.4. The first-order chi connectivity index (χ1) is 17.7. The maximum absolute atomic E-state index is 13.4. The van der Waals surface area contributed by atoms with Gasteiger partial charge >= 0.3 is 12.1 Å². The van der Waals surface area contributed by atoms with E-state index in [1.807, 2.05) is 0 Å². The number of hydrogen-bond donors (Lipinski definition) is 2. The van der Waals surface area contributed by atoms with Gasteiger partial charge in [-0.15, -0.1) is 13.2 Å². The summed E-state index contributed by atoms with van der Waals surface area (Å²) in [5.41, 5.74) is 3.79. The Hall–Kier alpha value is -2.58. The van der Waals surface area contributed by atoms with E-state index >= 15 is 0 Å². The van der Waals surface area contributed by atoms with E-state index in [2.05, 4.69) is 9.72 Å². The molecule has 15 heteroatoms. The summed E-state index contributed by atoms with van der Waals surface area (Å²) in [6.07, 6.45) is -4.44. The fraction of sp³-hybridized carbons (Fsp3) is 0.391. The molecule has 4 rings (SSSR count). The summed E-state index contributed by atoms with van der Waals surface area (Å²) in [7, 11) is -3.75. The summed E-state index contributed by atoms with van der Waals surface area (Å²) in [6, 6.07) is 4.64. The molecule has 1 fully saturated rings. The van der Waals surface area contributed by atoms with Crippen LogP contribution in [0.3, 0.4) is 0 Å². The smallest absolute Gasteiger partial charge is 0.405 e. The highest BCUT2D eigenvalue weighted by molar-refractivity contribution is 7.91. The maximum Gasteiger partial charge on any atom is 0.573 e. The van der Waals surface area contributed by atoms with Gasteiger partial charge in [0.2, 0.25) is 0 Å². The van der Waals surface area contributed by atoms with Crippen molar-refractivity contribution in [2.24, 2.45) is 5.73 Å². The molecule has 1 aromatic heterocycles. The van der Waals surface area contributed by atoms with Crippen molar-refractivity contribution >= 4 is 43.9 Å². The van der Waals surface area contributed by atoms with Crippen LogP contribution in [0.15, 0.2) is 38.8 Å². The standard InChI is InChI=1S/C23H23Cl2F3N4O5S/c1-2-38(35,36)18-4-3-13(24)7-12(18)9-32-21(33)15-8-17(37-23(26,27)28)16(11-31-6-5-14(29)10-31)19(25)20(15)30-22(32)34/h3-4,7-8,14H,2,5-6,9-11,29H2,1H3,(H,30,34). The molecule has 0 saturated carbocycles. The van der Waals surface area contributed by atoms with Gasteiger partial charge in [-0.2, -0.15) is 0 Å². The maximum atomic E-state index is 13.4. The minimum Gasteiger partial charge on any atom is -0.405 e. The number of benzene rings is 2. The summed E-state index contributed by atoms with van der Waals surface area (Å²) in [5.74, 6) is -0.938. The molecule has 1 atom stereocenters. The van der Waals surface area contributed by atoms with Crippen LogP contribution >= 0.6 is 23.2 Å². The van der Waals surface area contributed by atoms with Gasteiger partial charge in [-0.1, -0.05) is 30.1 Å². The third-order valence-electron chi connectivity index (χ3n) is 6.26. The highest BCUT2D eigenvalue weighted by Gasteiger charge is 2.34. The number of halogens is 5. The number of fused-ring (bicyclic) bond motifs is 1. The molecule has 1 saturated heterocycles. The van der Waals surface area contributed by atoms with Crippen molar-refractivity contribution in [2.75, 3.05) is 18.8 Å². The van der Waals surface area contributed by atoms with Crippen LogP contribution in [0.2, 0.25) is 10.0 Å². The molecule has 206 valence electrons. The van der Waals surface area contributed by atoms with Gasteiger partial charge in [-0.3, -0.25) is 14.3 Å². The predicted octanol–water partition coefficient (Wildman–Crippen LogP) is 3.27. The minimum absolute atomic E-state index is 0.0558. The number of nitrogens with two attached hydrogens (primary N) is 1. The van der Waals surface area contributed by atoms with Crippen LogP contribution in [-0.4, -0.2) is 54.1 Å². The Labute approximate surface area is 224 Å². The van der Waals surface area contributed by atoms with E-state index in [-0.39, 0.29) is 55.3 Å². The minimum atomic E-state index is -5.08. The summed E-state index contributed by atoms with van der Waals surface area (Å²) < 4.78 is 69.8. The van der Waals surface area contributed by atoms with Crippen molar-refractivity contribution < 1.29 is 26.3 Å². The molecule has 0 radical (unpaired) electrons. The molecule has 3 aromatic rings. The van der Waals surface area contributed by atoms with E-state index in [0.29, 0.717) is 24.1 Å². The molecule has 2 aromatic carbocycles. The molecule has 2 heterocycles. The van der Waals surface area contributed by atoms with E-state index in [4.69, 9.17) is 28.9 Å². The van der Waals surface area contributed by atoms with Gasteiger partial charge in [-0.05, 0) is 36.2 Å². The zero-order valence-electron chi connectivity index (χ0n) is 19.9. The van der Waals surface area contributed by atoms with E-state index in [9.17, 15) is 31.2 Å². The molecule has 1 unspecified atom stereocenters.